The maximum atomic E-state index is 13.1. The van der Waals surface area contributed by atoms with E-state index in [0.29, 0.717) is 19.3 Å². The lowest BCUT2D eigenvalue weighted by Crippen LogP contribution is -2.30. The van der Waals surface area contributed by atoms with Crippen LogP contribution < -0.4 is 0 Å². The highest BCUT2D eigenvalue weighted by Gasteiger charge is 2.29. The molecule has 0 radical (unpaired) electrons. The van der Waals surface area contributed by atoms with Gasteiger partial charge >= 0.3 is 33.6 Å². The minimum absolute atomic E-state index is 0.0688. The van der Waals surface area contributed by atoms with Crippen LogP contribution in [-0.2, 0) is 55.8 Å². The molecule has 16 nitrogen and oxygen atoms in total. The maximum absolute atomic E-state index is 13.1. The van der Waals surface area contributed by atoms with Crippen LogP contribution in [0.2, 0.25) is 0 Å². The number of ether oxygens (including phenoxy) is 3. The molecule has 0 aromatic carbocycles. The molecule has 0 saturated carbocycles. The topological polar surface area (TPSA) is 231 Å². The molecule has 5 atom stereocenters. The highest BCUT2D eigenvalue weighted by molar-refractivity contribution is 7.47. The zero-order valence-electron chi connectivity index (χ0n) is 75.0. The summed E-state index contributed by atoms with van der Waals surface area (Å²) in [6, 6.07) is 0. The fourth-order valence-electron chi connectivity index (χ4n) is 12.5. The summed E-state index contributed by atoms with van der Waals surface area (Å²) >= 11 is 0. The molecule has 0 aliphatic carbocycles. The molecule has 119 heavy (non-hydrogen) atoms. The Balaban J connectivity index is 4.61. The normalized spacial score (nSPS) is 14.6. The van der Waals surface area contributed by atoms with Crippen molar-refractivity contribution in [2.75, 3.05) is 39.6 Å². The van der Waals surface area contributed by atoms with Gasteiger partial charge in [-0.1, -0.05) is 383 Å². The number of allylic oxidation sites excluding steroid dienone is 30. The average molecular weight is 1700 g/mol. The van der Waals surface area contributed by atoms with Gasteiger partial charge < -0.3 is 34.2 Å². The first-order chi connectivity index (χ1) is 58.2. The zero-order valence-corrected chi connectivity index (χ0v) is 76.8. The van der Waals surface area contributed by atoms with Crippen molar-refractivity contribution in [3.8, 4) is 0 Å². The first-order valence-electron chi connectivity index (χ1n) is 47.1. The smallest absolute Gasteiger partial charge is 0.463 e. The van der Waals surface area contributed by atoms with E-state index in [1.54, 1.807) is 0 Å². The molecular formula is C101H170O16P2. The quantitative estimate of drug-likeness (QED) is 0.0146. The molecule has 0 aromatic heterocycles. The Kier molecular flexibility index (Phi) is 87.7. The number of hydrogen-bond donors (Lipinski definition) is 4. The van der Waals surface area contributed by atoms with E-state index in [0.717, 1.165) is 167 Å². The van der Waals surface area contributed by atoms with Gasteiger partial charge in [-0.25, -0.2) is 9.13 Å². The number of rotatable bonds is 88. The monoisotopic (exact) mass is 1700 g/mol. The maximum Gasteiger partial charge on any atom is 0.472 e. The van der Waals surface area contributed by atoms with Gasteiger partial charge in [0.2, 0.25) is 0 Å². The van der Waals surface area contributed by atoms with Gasteiger partial charge in [-0.05, 0) is 161 Å². The number of aliphatic hydroxyl groups excluding tert-OH is 2. The van der Waals surface area contributed by atoms with E-state index < -0.39 is 91.5 Å². The van der Waals surface area contributed by atoms with Crippen molar-refractivity contribution in [1.82, 2.24) is 0 Å². The number of phosphoric acid groups is 2. The second kappa shape index (κ2) is 91.8. The Bertz CT molecular complexity index is 2890. The van der Waals surface area contributed by atoms with Crippen LogP contribution in [0.4, 0.5) is 0 Å². The molecule has 0 spiro atoms. The predicted molar refractivity (Wildman–Crippen MR) is 500 cm³/mol. The third kappa shape index (κ3) is 93.2. The first-order valence-corrected chi connectivity index (χ1v) is 50.1. The number of hydrogen-bond acceptors (Lipinski definition) is 14. The first kappa shape index (κ1) is 114. The van der Waals surface area contributed by atoms with Crippen molar-refractivity contribution in [2.45, 2.75) is 399 Å². The van der Waals surface area contributed by atoms with E-state index >= 15 is 0 Å². The average Bonchev–Trinajstić information content (AvgIpc) is 0.902. The summed E-state index contributed by atoms with van der Waals surface area (Å²) < 4.78 is 61.5. The molecule has 0 amide bonds. The lowest BCUT2D eigenvalue weighted by molar-refractivity contribution is -0.161. The molecule has 680 valence electrons. The van der Waals surface area contributed by atoms with Crippen LogP contribution in [-0.4, -0.2) is 95.9 Å². The standard InChI is InChI=1S/C101H170O16P2/c1-4-7-10-13-16-19-22-25-28-31-34-37-40-42-44-45-46-47-48-49-51-53-55-57-60-63-66-69-72-75-78-81-84-87-99(104)111-90-96(102)91-113-118(107,108)114-92-97(103)93-115-119(109,110)116-95-98(117-101(106)89-86-83-80-77-74-71-68-65-62-59-54-39-36-33-30-27-24-21-18-15-12-9-6-3)94-112-100(105)88-85-82-79-76-73-70-67-64-61-58-56-52-50-43-41-38-35-32-29-26-23-20-17-14-11-8-5-2/h7,9-10,12,16-21,25-30,34-39,42-44,50,59,62,68,71,96-98,102-103H,4-6,8,11,13-15,22-24,31-33,40-41,45-49,51-58,60-61,63-67,69-70,72-95H2,1-3H3,(H,107,108)(H,109,110)/b10-7-,12-9-,19-16-,20-17-,21-18-,28-25-,29-26-,30-27-,37-34-,38-35-,39-36-,44-42-,50-43-,62-59-,71-68-. The highest BCUT2D eigenvalue weighted by atomic mass is 31.2. The van der Waals surface area contributed by atoms with Crippen molar-refractivity contribution < 1.29 is 75.8 Å². The van der Waals surface area contributed by atoms with Gasteiger partial charge in [-0.3, -0.25) is 32.5 Å². The molecule has 0 bridgehead atoms. The van der Waals surface area contributed by atoms with Crippen LogP contribution in [0.1, 0.15) is 380 Å². The summed E-state index contributed by atoms with van der Waals surface area (Å²) in [6.45, 7) is 2.43. The largest absolute Gasteiger partial charge is 0.472 e. The van der Waals surface area contributed by atoms with E-state index in [4.69, 9.17) is 32.3 Å². The molecule has 0 fully saturated rings. The third-order valence-electron chi connectivity index (χ3n) is 19.6. The molecule has 0 aliphatic heterocycles. The minimum atomic E-state index is -4.96. The van der Waals surface area contributed by atoms with Crippen LogP contribution >= 0.6 is 15.6 Å². The van der Waals surface area contributed by atoms with Crippen molar-refractivity contribution >= 4 is 33.6 Å². The van der Waals surface area contributed by atoms with E-state index in [1.807, 2.05) is 0 Å². The zero-order chi connectivity index (χ0) is 86.5. The van der Waals surface area contributed by atoms with Crippen molar-refractivity contribution in [3.63, 3.8) is 0 Å². The molecule has 0 saturated heterocycles. The van der Waals surface area contributed by atoms with Gasteiger partial charge in [0.05, 0.1) is 26.4 Å². The SMILES string of the molecule is CC/C=C\C/C=C\C/C=C\C/C=C\C/C=C\C/C=C\CCCCCCC(=O)OC(COC(=O)CCCCCCCCCCCCC/C=C\C/C=C\C/C=C\C/C=C\CCCCC)COP(=O)(O)OCC(O)COP(=O)(O)OCC(O)COC(=O)CCCCCCCCCCCCCCCCCCC/C=C\C/C=C\C/C=C\C/C=C\C/C=C\CC. The van der Waals surface area contributed by atoms with E-state index in [9.17, 15) is 43.5 Å². The summed E-state index contributed by atoms with van der Waals surface area (Å²) in [7, 11) is -9.83. The Morgan fingerprint density at radius 1 is 0.244 bits per heavy atom. The number of esters is 3. The van der Waals surface area contributed by atoms with Gasteiger partial charge in [0, 0.05) is 19.3 Å². The fraction of sp³-hybridized carbons (Fsp3) is 0.673. The number of aliphatic hydroxyl groups is 2. The van der Waals surface area contributed by atoms with Crippen LogP contribution in [0, 0.1) is 0 Å². The van der Waals surface area contributed by atoms with Gasteiger partial charge in [-0.15, -0.1) is 0 Å². The van der Waals surface area contributed by atoms with Gasteiger partial charge in [0.15, 0.2) is 6.10 Å². The van der Waals surface area contributed by atoms with E-state index in [1.165, 1.54) is 154 Å². The molecule has 5 unspecified atom stereocenters. The van der Waals surface area contributed by atoms with Gasteiger partial charge in [-0.2, -0.15) is 0 Å². The van der Waals surface area contributed by atoms with E-state index in [2.05, 4.69) is 203 Å². The van der Waals surface area contributed by atoms with Gasteiger partial charge in [0.1, 0.15) is 25.4 Å². The van der Waals surface area contributed by atoms with Gasteiger partial charge in [0.25, 0.3) is 0 Å². The molecule has 0 heterocycles. The van der Waals surface area contributed by atoms with Crippen molar-refractivity contribution in [3.05, 3.63) is 182 Å². The summed E-state index contributed by atoms with van der Waals surface area (Å²) in [5.74, 6) is -1.60. The van der Waals surface area contributed by atoms with Crippen LogP contribution in [0.15, 0.2) is 182 Å². The number of carbonyl (C=O) groups excluding carboxylic acids is 3. The highest BCUT2D eigenvalue weighted by Crippen LogP contribution is 2.45. The van der Waals surface area contributed by atoms with Crippen LogP contribution in [0.3, 0.4) is 0 Å². The number of carbonyl (C=O) groups is 3. The summed E-state index contributed by atoms with van der Waals surface area (Å²) in [6.07, 6.45) is 121. The molecule has 0 aromatic rings. The Hall–Kier alpha value is -5.35. The predicted octanol–water partition coefficient (Wildman–Crippen LogP) is 29.2. The number of unbranched alkanes of at least 4 members (excludes halogenated alkanes) is 35. The Labute approximate surface area is 725 Å². The second-order valence-corrected chi connectivity index (χ2v) is 34.0. The number of phosphoric ester groups is 2. The summed E-state index contributed by atoms with van der Waals surface area (Å²) in [4.78, 5) is 59.0. The second-order valence-electron chi connectivity index (χ2n) is 31.0. The Morgan fingerprint density at radius 2 is 0.445 bits per heavy atom. The van der Waals surface area contributed by atoms with Crippen molar-refractivity contribution in [2.24, 2.45) is 0 Å². The molecular weight excluding hydrogens is 1530 g/mol. The lowest BCUT2D eigenvalue weighted by Gasteiger charge is -2.21. The molecule has 0 rings (SSSR count). The van der Waals surface area contributed by atoms with Crippen LogP contribution in [0.25, 0.3) is 0 Å². The summed E-state index contributed by atoms with van der Waals surface area (Å²) in [5.41, 5.74) is 0. The molecule has 18 heteroatoms. The molecule has 0 aliphatic rings. The Morgan fingerprint density at radius 3 is 0.706 bits per heavy atom. The van der Waals surface area contributed by atoms with E-state index in [-0.39, 0.29) is 19.3 Å². The summed E-state index contributed by atoms with van der Waals surface area (Å²) in [5, 5.41) is 20.8. The third-order valence-corrected chi connectivity index (χ3v) is 21.5. The van der Waals surface area contributed by atoms with Crippen molar-refractivity contribution in [1.29, 1.82) is 0 Å². The minimum Gasteiger partial charge on any atom is -0.463 e. The molecule has 4 N–H and O–H groups in total. The lowest BCUT2D eigenvalue weighted by atomic mass is 10.0. The van der Waals surface area contributed by atoms with Crippen LogP contribution in [0.5, 0.6) is 0 Å². The fourth-order valence-corrected chi connectivity index (χ4v) is 14.1.